The highest BCUT2D eigenvalue weighted by atomic mass is 16.6. The highest BCUT2D eigenvalue weighted by Gasteiger charge is 2.36. The van der Waals surface area contributed by atoms with Crippen LogP contribution in [-0.2, 0) is 14.3 Å². The number of hydrogen-bond donors (Lipinski definition) is 0. The molecule has 0 rings (SSSR count). The van der Waals surface area contributed by atoms with Crippen LogP contribution in [0.1, 0.15) is 81.1 Å². The molecule has 0 bridgehead atoms. The lowest BCUT2D eigenvalue weighted by molar-refractivity contribution is -0.167. The predicted octanol–water partition coefficient (Wildman–Crippen LogP) is 3.92. The highest BCUT2D eigenvalue weighted by molar-refractivity contribution is 5.85. The van der Waals surface area contributed by atoms with Crippen LogP contribution in [0.4, 0.5) is 0 Å². The Morgan fingerprint density at radius 2 is 1.57 bits per heavy atom. The molecule has 1 atom stereocenters. The monoisotopic (exact) mass is 299 g/mol. The molecule has 0 aromatic rings. The van der Waals surface area contributed by atoms with Crippen LogP contribution in [0.2, 0.25) is 0 Å². The standard InChI is InChI=1S/C17H33NO3/c1-9-10-11-12-14(19)18(16(3,4)5)13(2)15(20)21-17(6,7)8/h13H,9-12H2,1-8H3. The smallest absolute Gasteiger partial charge is 0.329 e. The molecule has 21 heavy (non-hydrogen) atoms. The predicted molar refractivity (Wildman–Crippen MR) is 86.0 cm³/mol. The van der Waals surface area contributed by atoms with Crippen LogP contribution in [-0.4, -0.2) is 34.0 Å². The second-order valence-corrected chi connectivity index (χ2v) is 7.60. The molecule has 0 aliphatic carbocycles. The average Bonchev–Trinajstić information content (AvgIpc) is 2.25. The summed E-state index contributed by atoms with van der Waals surface area (Å²) in [5.41, 5.74) is -0.945. The van der Waals surface area contributed by atoms with Gasteiger partial charge in [-0.3, -0.25) is 4.79 Å². The molecule has 0 heterocycles. The Morgan fingerprint density at radius 3 is 1.95 bits per heavy atom. The average molecular weight is 299 g/mol. The first-order chi connectivity index (χ1) is 9.40. The van der Waals surface area contributed by atoms with Gasteiger partial charge in [-0.05, 0) is 54.9 Å². The van der Waals surface area contributed by atoms with Crippen LogP contribution >= 0.6 is 0 Å². The van der Waals surface area contributed by atoms with Gasteiger partial charge in [-0.25, -0.2) is 4.79 Å². The van der Waals surface area contributed by atoms with E-state index < -0.39 is 17.2 Å². The lowest BCUT2D eigenvalue weighted by atomic mass is 10.0. The van der Waals surface area contributed by atoms with Crippen LogP contribution in [0.15, 0.2) is 0 Å². The number of ether oxygens (including phenoxy) is 1. The minimum absolute atomic E-state index is 0.0225. The fourth-order valence-electron chi connectivity index (χ4n) is 2.31. The summed E-state index contributed by atoms with van der Waals surface area (Å²) in [7, 11) is 0. The Kier molecular flexibility index (Phi) is 7.41. The molecule has 0 aliphatic heterocycles. The Bertz CT molecular complexity index is 350. The molecular weight excluding hydrogens is 266 g/mol. The molecule has 0 aromatic heterocycles. The van der Waals surface area contributed by atoms with Gasteiger partial charge in [-0.1, -0.05) is 19.8 Å². The van der Waals surface area contributed by atoms with E-state index in [1.54, 1.807) is 11.8 Å². The second-order valence-electron chi connectivity index (χ2n) is 7.60. The first kappa shape index (κ1) is 19.9. The Hall–Kier alpha value is -1.06. The SMILES string of the molecule is CCCCCC(=O)N(C(C)C(=O)OC(C)(C)C)C(C)(C)C. The van der Waals surface area contributed by atoms with Gasteiger partial charge in [0, 0.05) is 12.0 Å². The van der Waals surface area contributed by atoms with E-state index in [1.807, 2.05) is 41.5 Å². The first-order valence-corrected chi connectivity index (χ1v) is 7.95. The normalized spacial score (nSPS) is 13.7. The fraction of sp³-hybridized carbons (Fsp3) is 0.882. The van der Waals surface area contributed by atoms with Crippen LogP contribution in [0.25, 0.3) is 0 Å². The van der Waals surface area contributed by atoms with Crippen molar-refractivity contribution < 1.29 is 14.3 Å². The minimum atomic E-state index is -0.571. The number of amides is 1. The maximum absolute atomic E-state index is 12.5. The molecule has 0 N–H and O–H groups in total. The molecular formula is C17H33NO3. The van der Waals surface area contributed by atoms with Crippen molar-refractivity contribution in [3.8, 4) is 0 Å². The van der Waals surface area contributed by atoms with E-state index in [9.17, 15) is 9.59 Å². The van der Waals surface area contributed by atoms with Crippen molar-refractivity contribution in [1.82, 2.24) is 4.90 Å². The quantitative estimate of drug-likeness (QED) is 0.551. The van der Waals surface area contributed by atoms with Crippen molar-refractivity contribution in [2.75, 3.05) is 0 Å². The summed E-state index contributed by atoms with van der Waals surface area (Å²) in [5, 5.41) is 0. The molecule has 0 spiro atoms. The van der Waals surface area contributed by atoms with Crippen molar-refractivity contribution in [3.63, 3.8) is 0 Å². The third-order valence-electron chi connectivity index (χ3n) is 3.12. The molecule has 4 heteroatoms. The Labute approximate surface area is 130 Å². The molecule has 0 fully saturated rings. The Morgan fingerprint density at radius 1 is 1.05 bits per heavy atom. The van der Waals surface area contributed by atoms with E-state index in [0.717, 1.165) is 19.3 Å². The van der Waals surface area contributed by atoms with E-state index in [0.29, 0.717) is 6.42 Å². The minimum Gasteiger partial charge on any atom is -0.458 e. The summed E-state index contributed by atoms with van der Waals surface area (Å²) < 4.78 is 5.42. The van der Waals surface area contributed by atoms with Crippen molar-refractivity contribution in [3.05, 3.63) is 0 Å². The van der Waals surface area contributed by atoms with E-state index in [1.165, 1.54) is 0 Å². The first-order valence-electron chi connectivity index (χ1n) is 7.95. The maximum Gasteiger partial charge on any atom is 0.329 e. The van der Waals surface area contributed by atoms with Gasteiger partial charge in [-0.15, -0.1) is 0 Å². The van der Waals surface area contributed by atoms with Crippen molar-refractivity contribution in [1.29, 1.82) is 0 Å². The van der Waals surface area contributed by atoms with Gasteiger partial charge in [-0.2, -0.15) is 0 Å². The lowest BCUT2D eigenvalue weighted by Gasteiger charge is -2.40. The van der Waals surface area contributed by atoms with Crippen molar-refractivity contribution in [2.24, 2.45) is 0 Å². The molecule has 1 unspecified atom stereocenters. The summed E-state index contributed by atoms with van der Waals surface area (Å²) in [6.07, 6.45) is 3.45. The third kappa shape index (κ3) is 7.49. The summed E-state index contributed by atoms with van der Waals surface area (Å²) in [6.45, 7) is 15.2. The molecule has 124 valence electrons. The molecule has 0 aliphatic rings. The van der Waals surface area contributed by atoms with Gasteiger partial charge in [0.05, 0.1) is 0 Å². The number of esters is 1. The van der Waals surface area contributed by atoms with E-state index in [4.69, 9.17) is 4.74 Å². The summed E-state index contributed by atoms with van der Waals surface area (Å²) >= 11 is 0. The fourth-order valence-corrected chi connectivity index (χ4v) is 2.31. The number of rotatable bonds is 6. The molecule has 0 aromatic carbocycles. The largest absolute Gasteiger partial charge is 0.458 e. The summed E-state index contributed by atoms with van der Waals surface area (Å²) in [6, 6.07) is -0.571. The van der Waals surface area contributed by atoms with Crippen LogP contribution in [0, 0.1) is 0 Å². The number of unbranched alkanes of at least 4 members (excludes halogenated alkanes) is 2. The van der Waals surface area contributed by atoms with E-state index in [2.05, 4.69) is 6.92 Å². The number of hydrogen-bond acceptors (Lipinski definition) is 3. The van der Waals surface area contributed by atoms with Crippen molar-refractivity contribution >= 4 is 11.9 Å². The maximum atomic E-state index is 12.5. The molecule has 4 nitrogen and oxygen atoms in total. The van der Waals surface area contributed by atoms with Gasteiger partial charge in [0.1, 0.15) is 11.6 Å². The van der Waals surface area contributed by atoms with Crippen LogP contribution in [0.5, 0.6) is 0 Å². The van der Waals surface area contributed by atoms with Crippen LogP contribution in [0.3, 0.4) is 0 Å². The van der Waals surface area contributed by atoms with Crippen molar-refractivity contribution in [2.45, 2.75) is 98.3 Å². The zero-order valence-corrected chi connectivity index (χ0v) is 15.1. The van der Waals surface area contributed by atoms with E-state index >= 15 is 0 Å². The molecule has 0 saturated heterocycles. The van der Waals surface area contributed by atoms with Crippen LogP contribution < -0.4 is 0 Å². The Balaban J connectivity index is 4.99. The van der Waals surface area contributed by atoms with Gasteiger partial charge < -0.3 is 9.64 Å². The molecule has 1 amide bonds. The lowest BCUT2D eigenvalue weighted by Crippen LogP contribution is -2.54. The van der Waals surface area contributed by atoms with Gasteiger partial charge in [0.2, 0.25) is 5.91 Å². The third-order valence-corrected chi connectivity index (χ3v) is 3.12. The second kappa shape index (κ2) is 7.81. The van der Waals surface area contributed by atoms with Gasteiger partial charge in [0.25, 0.3) is 0 Å². The molecule has 0 radical (unpaired) electrons. The summed E-state index contributed by atoms with van der Waals surface area (Å²) in [4.78, 5) is 26.4. The summed E-state index contributed by atoms with van der Waals surface area (Å²) in [5.74, 6) is -0.324. The zero-order valence-electron chi connectivity index (χ0n) is 15.1. The number of carbonyl (C=O) groups excluding carboxylic acids is 2. The highest BCUT2D eigenvalue weighted by Crippen LogP contribution is 2.22. The number of nitrogens with zero attached hydrogens (tertiary/aromatic N) is 1. The van der Waals surface area contributed by atoms with Gasteiger partial charge in [0.15, 0.2) is 0 Å². The zero-order chi connectivity index (χ0) is 16.8. The van der Waals surface area contributed by atoms with E-state index in [-0.39, 0.29) is 11.9 Å². The van der Waals surface area contributed by atoms with Gasteiger partial charge >= 0.3 is 5.97 Å². The molecule has 0 saturated carbocycles. The number of carbonyl (C=O) groups is 2. The topological polar surface area (TPSA) is 46.6 Å².